The number of benzene rings is 21. The van der Waals surface area contributed by atoms with Gasteiger partial charge in [0.2, 0.25) is 0 Å². The molecule has 4 nitrogen and oxygen atoms in total. The number of anilines is 12. The van der Waals surface area contributed by atoms with E-state index in [0.29, 0.717) is 0 Å². The van der Waals surface area contributed by atoms with Crippen molar-refractivity contribution in [2.45, 2.75) is 96.3 Å². The molecular weight excluding hydrogens is 1750 g/mol. The van der Waals surface area contributed by atoms with E-state index in [1.807, 2.05) is 0 Å². The van der Waals surface area contributed by atoms with Crippen LogP contribution in [0.25, 0.3) is 122 Å². The van der Waals surface area contributed by atoms with E-state index in [4.69, 9.17) is 0 Å². The van der Waals surface area contributed by atoms with E-state index >= 15 is 0 Å². The van der Waals surface area contributed by atoms with Gasteiger partial charge in [-0.3, -0.25) is 0 Å². The van der Waals surface area contributed by atoms with Crippen molar-refractivity contribution in [2.24, 2.45) is 0 Å². The van der Waals surface area contributed by atoms with Crippen LogP contribution >= 0.6 is 0 Å². The molecule has 696 valence electrons. The quantitative estimate of drug-likeness (QED) is 0.0849. The van der Waals surface area contributed by atoms with Crippen molar-refractivity contribution < 1.29 is 0 Å². The van der Waals surface area contributed by atoms with Gasteiger partial charge >= 0.3 is 0 Å². The average molecular weight is 1860 g/mol. The molecular formula is C141H112N4. The van der Waals surface area contributed by atoms with E-state index in [2.05, 4.69) is 586 Å². The molecule has 0 spiro atoms. The highest BCUT2D eigenvalue weighted by atomic mass is 15.2. The number of nitrogens with zero attached hydrogens (tertiary/aromatic N) is 4. The van der Waals surface area contributed by atoms with Crippen LogP contribution in [0.1, 0.15) is 125 Å². The molecule has 5 aliphatic rings. The molecule has 0 aliphatic heterocycles. The van der Waals surface area contributed by atoms with Crippen molar-refractivity contribution in [1.82, 2.24) is 0 Å². The van der Waals surface area contributed by atoms with Crippen LogP contribution in [0.2, 0.25) is 0 Å². The number of para-hydroxylation sites is 2. The third kappa shape index (κ3) is 14.9. The standard InChI is InChI=1S/C75H60N2.C66H52N2/c1-73(2)65-26-16-13-23-60(65)62-43-41-57(47-68(62)73)76(54-35-29-51(30-36-54)49-19-9-7-10-20-49)55-39-33-53(34-40-55)59-45-46-70(72-71(59)64-25-15-18-28-67(64)75(72,5)6)77(56-37-31-52(32-38-56)50-21-11-8-12-22-50)58-42-44-63-61-24-14-17-27-66(61)74(3,4)69(63)48-58;1-65(2)58-29-17-14-27-55(58)56-41-40-52(44-60(56)65)68(61-31-19-16-26-53(61)47-22-10-6-11-23-47)51-38-34-48(35-39-51)54-42-43-62(64-63(54)57-28-15-18-30-59(57)66(64,3)4)67(49-24-12-7-13-25-49)50-36-32-46(33-37-50)45-20-8-5-9-21-45/h7-48H,1-6H3;5-44H,1-4H3. The third-order valence-electron chi connectivity index (χ3n) is 32.1. The second kappa shape index (κ2) is 35.2. The summed E-state index contributed by atoms with van der Waals surface area (Å²) in [5.41, 5.74) is 53.7. The Morgan fingerprint density at radius 1 is 0.124 bits per heavy atom. The predicted molar refractivity (Wildman–Crippen MR) is 612 cm³/mol. The van der Waals surface area contributed by atoms with Crippen molar-refractivity contribution in [1.29, 1.82) is 0 Å². The Morgan fingerprint density at radius 3 is 0.669 bits per heavy atom. The molecule has 0 atom stereocenters. The van der Waals surface area contributed by atoms with E-state index in [0.717, 1.165) is 56.9 Å². The van der Waals surface area contributed by atoms with E-state index in [-0.39, 0.29) is 27.1 Å². The summed E-state index contributed by atoms with van der Waals surface area (Å²) >= 11 is 0. The lowest BCUT2D eigenvalue weighted by Crippen LogP contribution is -2.21. The topological polar surface area (TPSA) is 13.0 Å². The van der Waals surface area contributed by atoms with Gasteiger partial charge in [0.1, 0.15) is 0 Å². The summed E-state index contributed by atoms with van der Waals surface area (Å²) in [7, 11) is 0. The summed E-state index contributed by atoms with van der Waals surface area (Å²) in [6.07, 6.45) is 0. The minimum Gasteiger partial charge on any atom is -0.310 e. The first-order valence-electron chi connectivity index (χ1n) is 51.1. The summed E-state index contributed by atoms with van der Waals surface area (Å²) in [6.45, 7) is 23.9. The zero-order valence-electron chi connectivity index (χ0n) is 83.6. The second-order valence-corrected chi connectivity index (χ2v) is 42.2. The largest absolute Gasteiger partial charge is 0.310 e. The zero-order chi connectivity index (χ0) is 98.2. The van der Waals surface area contributed by atoms with Crippen LogP contribution in [0.4, 0.5) is 68.2 Å². The molecule has 5 aliphatic carbocycles. The maximum atomic E-state index is 2.53. The molecule has 0 aromatic heterocycles. The minimum atomic E-state index is -0.310. The second-order valence-electron chi connectivity index (χ2n) is 42.2. The Morgan fingerprint density at radius 2 is 0.331 bits per heavy atom. The molecule has 0 heterocycles. The summed E-state index contributed by atoms with van der Waals surface area (Å²) in [5, 5.41) is 0. The monoisotopic (exact) mass is 1860 g/mol. The molecule has 0 N–H and O–H groups in total. The fourth-order valence-electron chi connectivity index (χ4n) is 24.8. The molecule has 0 saturated carbocycles. The van der Waals surface area contributed by atoms with Gasteiger partial charge in [0, 0.05) is 83.8 Å². The Labute approximate surface area is 853 Å². The maximum absolute atomic E-state index is 2.53. The third-order valence-corrected chi connectivity index (χ3v) is 32.1. The lowest BCUT2D eigenvalue weighted by atomic mass is 9.80. The van der Waals surface area contributed by atoms with Crippen LogP contribution in [-0.2, 0) is 27.1 Å². The van der Waals surface area contributed by atoms with Crippen LogP contribution in [0.3, 0.4) is 0 Å². The maximum Gasteiger partial charge on any atom is 0.0540 e. The first-order valence-corrected chi connectivity index (χ1v) is 51.1. The number of hydrogen-bond donors (Lipinski definition) is 0. The number of fused-ring (bicyclic) bond motifs is 15. The summed E-state index contributed by atoms with van der Waals surface area (Å²) in [4.78, 5) is 9.87. The van der Waals surface area contributed by atoms with Gasteiger partial charge < -0.3 is 19.6 Å². The van der Waals surface area contributed by atoms with Gasteiger partial charge in [-0.2, -0.15) is 0 Å². The number of hydrogen-bond acceptors (Lipinski definition) is 4. The molecule has 0 fully saturated rings. The lowest BCUT2D eigenvalue weighted by molar-refractivity contribution is 0.658. The molecule has 0 amide bonds. The van der Waals surface area contributed by atoms with Crippen LogP contribution < -0.4 is 19.6 Å². The van der Waals surface area contributed by atoms with E-state index in [1.54, 1.807) is 0 Å². The van der Waals surface area contributed by atoms with Crippen LogP contribution in [-0.4, -0.2) is 0 Å². The smallest absolute Gasteiger partial charge is 0.0540 e. The SMILES string of the molecule is CC1(C)c2ccccc2-c2ccc(N(c3ccc(-c4ccc(N(c5ccccc5)c5ccc(-c6ccccc6)cc5)c5c4-c4ccccc4C5(C)C)cc3)c3ccccc3-c3ccccc3)cc21.CC1(C)c2ccccc2-c2ccc(N(c3ccc(-c4ccccc4)cc3)c3ccc(-c4ccc(N(c5ccc(-c6ccccc6)cc5)c5ccc6c(c5)C(C)(C)c5ccccc5-6)c5c4-c4ccccc4C5(C)C)cc3)cc21. The summed E-state index contributed by atoms with van der Waals surface area (Å²) in [6, 6.07) is 184. The molecule has 0 bridgehead atoms. The zero-order valence-corrected chi connectivity index (χ0v) is 83.6. The van der Waals surface area contributed by atoms with Gasteiger partial charge in [-0.15, -0.1) is 0 Å². The predicted octanol–water partition coefficient (Wildman–Crippen LogP) is 38.8. The lowest BCUT2D eigenvalue weighted by Gasteiger charge is -2.33. The van der Waals surface area contributed by atoms with Crippen LogP contribution in [0, 0.1) is 0 Å². The first kappa shape index (κ1) is 89.2. The van der Waals surface area contributed by atoms with Crippen molar-refractivity contribution >= 4 is 68.2 Å². The van der Waals surface area contributed by atoms with Gasteiger partial charge in [-0.05, 0) is 300 Å². The number of rotatable bonds is 18. The Bertz CT molecular complexity index is 8570. The van der Waals surface area contributed by atoms with Crippen molar-refractivity contribution in [3.05, 3.63) is 553 Å². The highest BCUT2D eigenvalue weighted by molar-refractivity contribution is 6.03. The van der Waals surface area contributed by atoms with E-state index < -0.39 is 0 Å². The van der Waals surface area contributed by atoms with Crippen molar-refractivity contribution in [2.75, 3.05) is 19.6 Å². The highest BCUT2D eigenvalue weighted by Gasteiger charge is 2.45. The van der Waals surface area contributed by atoms with Gasteiger partial charge in [-0.25, -0.2) is 0 Å². The van der Waals surface area contributed by atoms with E-state index in [1.165, 1.54) is 189 Å². The molecule has 0 unspecified atom stereocenters. The fourth-order valence-corrected chi connectivity index (χ4v) is 24.8. The van der Waals surface area contributed by atoms with Gasteiger partial charge in [-0.1, -0.05) is 439 Å². The first-order chi connectivity index (χ1) is 70.7. The van der Waals surface area contributed by atoms with Gasteiger partial charge in [0.25, 0.3) is 0 Å². The molecule has 26 rings (SSSR count). The molecule has 0 saturated heterocycles. The molecule has 21 aromatic carbocycles. The average Bonchev–Trinajstić information content (AvgIpc) is 1.54. The van der Waals surface area contributed by atoms with Gasteiger partial charge in [0.15, 0.2) is 0 Å². The highest BCUT2D eigenvalue weighted by Crippen LogP contribution is 2.63. The molecule has 4 heteroatoms. The van der Waals surface area contributed by atoms with Gasteiger partial charge in [0.05, 0.1) is 17.1 Å². The van der Waals surface area contributed by atoms with Crippen molar-refractivity contribution in [3.63, 3.8) is 0 Å². The molecule has 145 heavy (non-hydrogen) atoms. The van der Waals surface area contributed by atoms with E-state index in [9.17, 15) is 0 Å². The molecule has 0 radical (unpaired) electrons. The Balaban J connectivity index is 0.000000153. The van der Waals surface area contributed by atoms with Crippen molar-refractivity contribution in [3.8, 4) is 122 Å². The Kier molecular flexibility index (Phi) is 21.7. The van der Waals surface area contributed by atoms with Crippen LogP contribution in [0.5, 0.6) is 0 Å². The Hall–Kier alpha value is -17.2. The fraction of sp³-hybridized carbons (Fsp3) is 0.106. The normalized spacial score (nSPS) is 14.0. The summed E-state index contributed by atoms with van der Waals surface area (Å²) in [5.74, 6) is 0. The molecule has 21 aromatic rings. The summed E-state index contributed by atoms with van der Waals surface area (Å²) < 4.78 is 0. The van der Waals surface area contributed by atoms with Crippen LogP contribution in [0.15, 0.2) is 497 Å². The minimum absolute atomic E-state index is 0.130.